The van der Waals surface area contributed by atoms with E-state index in [0.717, 1.165) is 27.5 Å². The Kier molecular flexibility index (Phi) is 7.06. The number of para-hydroxylation sites is 1. The molecule has 0 unspecified atom stereocenters. The van der Waals surface area contributed by atoms with Crippen molar-refractivity contribution in [2.45, 2.75) is 5.75 Å². The lowest BCUT2D eigenvalue weighted by Gasteiger charge is -2.19. The van der Waals surface area contributed by atoms with Crippen LogP contribution < -0.4 is 15.8 Å². The third-order valence-electron chi connectivity index (χ3n) is 4.72. The predicted molar refractivity (Wildman–Crippen MR) is 132 cm³/mol. The summed E-state index contributed by atoms with van der Waals surface area (Å²) in [4.78, 5) is 36.1. The molecule has 0 spiro atoms. The van der Waals surface area contributed by atoms with Gasteiger partial charge in [0.25, 0.3) is 5.56 Å². The maximum Gasteiger partial charge on any atom is 0.260 e. The Morgan fingerprint density at radius 3 is 2.81 bits per heavy atom. The zero-order valence-corrected chi connectivity index (χ0v) is 19.4. The maximum absolute atomic E-state index is 12.6. The van der Waals surface area contributed by atoms with Crippen molar-refractivity contribution in [3.05, 3.63) is 69.4 Å². The summed E-state index contributed by atoms with van der Waals surface area (Å²) in [5, 5.41) is 7.56. The first-order valence-corrected chi connectivity index (χ1v) is 12.7. The SMILES string of the molecule is CN(CCNC(=O)CSCc1nc2scc(-c3cccs3)c2c(=O)[nH]1)c1ccccc1. The minimum absolute atomic E-state index is 0.0222. The number of anilines is 1. The molecule has 9 heteroatoms. The molecule has 1 aromatic carbocycles. The normalized spacial score (nSPS) is 11.0. The van der Waals surface area contributed by atoms with Crippen molar-refractivity contribution in [3.8, 4) is 10.4 Å². The van der Waals surface area contributed by atoms with Gasteiger partial charge in [-0.3, -0.25) is 9.59 Å². The Morgan fingerprint density at radius 1 is 1.19 bits per heavy atom. The number of thiophene rings is 2. The molecule has 0 radical (unpaired) electrons. The number of amides is 1. The second-order valence-electron chi connectivity index (χ2n) is 6.92. The van der Waals surface area contributed by atoms with Gasteiger partial charge >= 0.3 is 0 Å². The lowest BCUT2D eigenvalue weighted by Crippen LogP contribution is -2.33. The molecular formula is C22H22N4O2S3. The van der Waals surface area contributed by atoms with E-state index in [-0.39, 0.29) is 11.5 Å². The van der Waals surface area contributed by atoms with Crippen LogP contribution in [-0.4, -0.2) is 41.8 Å². The number of carbonyl (C=O) groups is 1. The van der Waals surface area contributed by atoms with Crippen LogP contribution in [0.5, 0.6) is 0 Å². The summed E-state index contributed by atoms with van der Waals surface area (Å²) in [6, 6.07) is 14.0. The van der Waals surface area contributed by atoms with Crippen LogP contribution in [0.1, 0.15) is 5.82 Å². The van der Waals surface area contributed by atoms with Crippen molar-refractivity contribution in [1.29, 1.82) is 0 Å². The number of likely N-dealkylation sites (N-methyl/N-ethyl adjacent to an activating group) is 1. The minimum Gasteiger partial charge on any atom is -0.373 e. The van der Waals surface area contributed by atoms with Gasteiger partial charge in [-0.1, -0.05) is 24.3 Å². The summed E-state index contributed by atoms with van der Waals surface area (Å²) in [6.45, 7) is 1.31. The molecule has 6 nitrogen and oxygen atoms in total. The Labute approximate surface area is 192 Å². The number of nitrogens with zero attached hydrogens (tertiary/aromatic N) is 2. The van der Waals surface area contributed by atoms with E-state index in [2.05, 4.69) is 20.2 Å². The number of aromatic amines is 1. The molecule has 3 heterocycles. The van der Waals surface area contributed by atoms with Crippen LogP contribution in [0.15, 0.2) is 58.0 Å². The Hall–Kier alpha value is -2.62. The highest BCUT2D eigenvalue weighted by Crippen LogP contribution is 2.33. The van der Waals surface area contributed by atoms with Crippen LogP contribution in [0.25, 0.3) is 20.7 Å². The number of hydrogen-bond donors (Lipinski definition) is 2. The van der Waals surface area contributed by atoms with Gasteiger partial charge in [0.2, 0.25) is 5.91 Å². The summed E-state index contributed by atoms with van der Waals surface area (Å²) in [6.07, 6.45) is 0. The fourth-order valence-corrected chi connectivity index (χ4v) is 5.64. The number of aromatic nitrogens is 2. The number of thioether (sulfide) groups is 1. The quantitative estimate of drug-likeness (QED) is 0.383. The summed E-state index contributed by atoms with van der Waals surface area (Å²) < 4.78 is 0. The largest absolute Gasteiger partial charge is 0.373 e. The molecule has 0 aliphatic heterocycles. The average molecular weight is 471 g/mol. The van der Waals surface area contributed by atoms with Crippen LogP contribution >= 0.6 is 34.4 Å². The lowest BCUT2D eigenvalue weighted by molar-refractivity contribution is -0.118. The summed E-state index contributed by atoms with van der Waals surface area (Å²) in [7, 11) is 2.00. The van der Waals surface area contributed by atoms with Gasteiger partial charge in [0, 0.05) is 41.6 Å². The fraction of sp³-hybridized carbons (Fsp3) is 0.227. The van der Waals surface area contributed by atoms with Gasteiger partial charge in [-0.05, 0) is 23.6 Å². The number of fused-ring (bicyclic) bond motifs is 1. The van der Waals surface area contributed by atoms with Crippen molar-refractivity contribution in [2.24, 2.45) is 0 Å². The predicted octanol–water partition coefficient (Wildman–Crippen LogP) is 4.20. The number of nitrogens with one attached hydrogen (secondary N) is 2. The van der Waals surface area contributed by atoms with Crippen molar-refractivity contribution in [3.63, 3.8) is 0 Å². The van der Waals surface area contributed by atoms with Crippen LogP contribution in [0.4, 0.5) is 5.69 Å². The summed E-state index contributed by atoms with van der Waals surface area (Å²) in [5.41, 5.74) is 1.92. The van der Waals surface area contributed by atoms with E-state index >= 15 is 0 Å². The number of carbonyl (C=O) groups excluding carboxylic acids is 1. The van der Waals surface area contributed by atoms with E-state index in [4.69, 9.17) is 0 Å². The van der Waals surface area contributed by atoms with Gasteiger partial charge in [-0.2, -0.15) is 0 Å². The summed E-state index contributed by atoms with van der Waals surface area (Å²) in [5.74, 6) is 1.38. The summed E-state index contributed by atoms with van der Waals surface area (Å²) >= 11 is 4.52. The molecule has 4 aromatic rings. The molecule has 0 atom stereocenters. The molecular weight excluding hydrogens is 448 g/mol. The molecule has 0 fully saturated rings. The van der Waals surface area contributed by atoms with Crippen molar-refractivity contribution in [1.82, 2.24) is 15.3 Å². The Bertz CT molecular complexity index is 1200. The highest BCUT2D eigenvalue weighted by molar-refractivity contribution is 7.99. The third kappa shape index (κ3) is 5.36. The Morgan fingerprint density at radius 2 is 2.03 bits per heavy atom. The second-order valence-corrected chi connectivity index (χ2v) is 9.71. The van der Waals surface area contributed by atoms with Crippen molar-refractivity contribution >= 4 is 56.2 Å². The van der Waals surface area contributed by atoms with Crippen molar-refractivity contribution in [2.75, 3.05) is 30.8 Å². The van der Waals surface area contributed by atoms with Gasteiger partial charge in [0.05, 0.1) is 16.9 Å². The van der Waals surface area contributed by atoms with Crippen LogP contribution in [0.3, 0.4) is 0 Å². The van der Waals surface area contributed by atoms with E-state index in [9.17, 15) is 9.59 Å². The zero-order chi connectivity index (χ0) is 21.6. The van der Waals surface area contributed by atoms with Crippen LogP contribution in [0.2, 0.25) is 0 Å². The molecule has 160 valence electrons. The van der Waals surface area contributed by atoms with Crippen LogP contribution in [-0.2, 0) is 10.5 Å². The molecule has 0 saturated heterocycles. The molecule has 0 aliphatic carbocycles. The van der Waals surface area contributed by atoms with Gasteiger partial charge in [-0.25, -0.2) is 4.98 Å². The molecule has 0 bridgehead atoms. The second kappa shape index (κ2) is 10.1. The van der Waals surface area contributed by atoms with Crippen LogP contribution in [0, 0.1) is 0 Å². The van der Waals surface area contributed by atoms with Gasteiger partial charge in [0.15, 0.2) is 0 Å². The molecule has 2 N–H and O–H groups in total. The molecule has 0 aliphatic rings. The minimum atomic E-state index is -0.126. The highest BCUT2D eigenvalue weighted by atomic mass is 32.2. The Balaban J connectivity index is 1.27. The molecule has 0 saturated carbocycles. The molecule has 1 amide bonds. The first-order valence-electron chi connectivity index (χ1n) is 9.76. The van der Waals surface area contributed by atoms with E-state index in [1.807, 2.05) is 60.3 Å². The number of benzene rings is 1. The molecule has 31 heavy (non-hydrogen) atoms. The maximum atomic E-state index is 12.6. The molecule has 4 rings (SSSR count). The topological polar surface area (TPSA) is 78.1 Å². The van der Waals surface area contributed by atoms with E-state index in [0.29, 0.717) is 29.3 Å². The number of rotatable bonds is 9. The van der Waals surface area contributed by atoms with Gasteiger partial charge < -0.3 is 15.2 Å². The van der Waals surface area contributed by atoms with E-state index in [1.54, 1.807) is 11.3 Å². The van der Waals surface area contributed by atoms with Gasteiger partial charge in [0.1, 0.15) is 10.7 Å². The monoisotopic (exact) mass is 470 g/mol. The average Bonchev–Trinajstić information content (AvgIpc) is 3.44. The third-order valence-corrected chi connectivity index (χ3v) is 7.44. The first-order chi connectivity index (χ1) is 15.1. The fourth-order valence-electron chi connectivity index (χ4n) is 3.14. The van der Waals surface area contributed by atoms with E-state index < -0.39 is 0 Å². The zero-order valence-electron chi connectivity index (χ0n) is 17.0. The smallest absolute Gasteiger partial charge is 0.260 e. The molecule has 3 aromatic heterocycles. The number of H-pyrrole nitrogens is 1. The van der Waals surface area contributed by atoms with E-state index in [1.165, 1.54) is 23.1 Å². The van der Waals surface area contributed by atoms with Gasteiger partial charge in [-0.15, -0.1) is 34.4 Å². The highest BCUT2D eigenvalue weighted by Gasteiger charge is 2.14. The standard InChI is InChI=1S/C22H22N4O2S3/c1-26(15-6-3-2-4-7-15)10-9-23-19(27)14-29-13-18-24-21(28)20-16(12-31-22(20)25-18)17-8-5-11-30-17/h2-8,11-12H,9-10,13-14H2,1H3,(H,23,27)(H,24,25,28). The lowest BCUT2D eigenvalue weighted by atomic mass is 10.2. The van der Waals surface area contributed by atoms with Crippen molar-refractivity contribution < 1.29 is 4.79 Å². The first kappa shape index (κ1) is 21.6. The number of hydrogen-bond acceptors (Lipinski definition) is 7.